The third-order valence-corrected chi connectivity index (χ3v) is 5.25. The molecule has 0 saturated heterocycles. The molecule has 3 heterocycles. The zero-order valence-electron chi connectivity index (χ0n) is 13.0. The van der Waals surface area contributed by atoms with Crippen molar-refractivity contribution in [3.05, 3.63) is 35.5 Å². The number of nitrogens with zero attached hydrogens (tertiary/aromatic N) is 2. The van der Waals surface area contributed by atoms with Crippen molar-refractivity contribution in [2.75, 3.05) is 20.2 Å². The van der Waals surface area contributed by atoms with Crippen molar-refractivity contribution in [3.8, 4) is 0 Å². The van der Waals surface area contributed by atoms with E-state index >= 15 is 0 Å². The van der Waals surface area contributed by atoms with Crippen molar-refractivity contribution in [2.24, 2.45) is 0 Å². The van der Waals surface area contributed by atoms with Crippen LogP contribution in [0.2, 0.25) is 0 Å². The molecule has 1 amide bonds. The summed E-state index contributed by atoms with van der Waals surface area (Å²) in [6.45, 7) is 2.60. The fourth-order valence-electron chi connectivity index (χ4n) is 4.24. The molecular weight excluding hydrogens is 276 g/mol. The molecule has 0 spiro atoms. The Morgan fingerprint density at radius 3 is 3.14 bits per heavy atom. The molecule has 2 aromatic rings. The summed E-state index contributed by atoms with van der Waals surface area (Å²) >= 11 is 0. The van der Waals surface area contributed by atoms with Crippen LogP contribution in [0.5, 0.6) is 0 Å². The fourth-order valence-corrected chi connectivity index (χ4v) is 4.24. The lowest BCUT2D eigenvalue weighted by Gasteiger charge is -2.42. The molecule has 1 aromatic heterocycles. The number of ether oxygens (including phenoxy) is 1. The molecular formula is C18H22N2O2. The second kappa shape index (κ2) is 5.13. The number of rotatable bonds is 4. The van der Waals surface area contributed by atoms with Gasteiger partial charge in [-0.2, -0.15) is 0 Å². The van der Waals surface area contributed by atoms with Crippen LogP contribution in [0.3, 0.4) is 0 Å². The maximum Gasteiger partial charge on any atom is 0.209 e. The van der Waals surface area contributed by atoms with E-state index in [0.29, 0.717) is 0 Å². The lowest BCUT2D eigenvalue weighted by atomic mass is 9.82. The van der Waals surface area contributed by atoms with E-state index in [-0.39, 0.29) is 5.60 Å². The minimum Gasteiger partial charge on any atom is -0.368 e. The monoisotopic (exact) mass is 298 g/mol. The zero-order valence-corrected chi connectivity index (χ0v) is 13.0. The third kappa shape index (κ3) is 1.90. The van der Waals surface area contributed by atoms with Gasteiger partial charge >= 0.3 is 0 Å². The third-order valence-electron chi connectivity index (χ3n) is 5.25. The number of hydrogen-bond donors (Lipinski definition) is 0. The molecule has 4 rings (SSSR count). The summed E-state index contributed by atoms with van der Waals surface area (Å²) in [4.78, 5) is 12.6. The highest BCUT2D eigenvalue weighted by molar-refractivity contribution is 5.86. The van der Waals surface area contributed by atoms with Gasteiger partial charge in [-0.25, -0.2) is 0 Å². The smallest absolute Gasteiger partial charge is 0.209 e. The van der Waals surface area contributed by atoms with Crippen molar-refractivity contribution < 1.29 is 9.53 Å². The largest absolute Gasteiger partial charge is 0.368 e. The molecule has 1 unspecified atom stereocenters. The average molecular weight is 298 g/mol. The first-order chi connectivity index (χ1) is 10.7. The molecule has 0 fully saturated rings. The molecule has 22 heavy (non-hydrogen) atoms. The molecule has 0 aliphatic carbocycles. The Kier molecular flexibility index (Phi) is 3.22. The van der Waals surface area contributed by atoms with E-state index in [4.69, 9.17) is 4.74 Å². The SMILES string of the molecule is CN(C=O)CCC12CCCn3c1c(c1ccccc13)CCO2. The molecule has 0 N–H and O–H groups in total. The Balaban J connectivity index is 1.85. The van der Waals surface area contributed by atoms with Crippen LogP contribution >= 0.6 is 0 Å². The Hall–Kier alpha value is -1.81. The average Bonchev–Trinajstić information content (AvgIpc) is 2.90. The van der Waals surface area contributed by atoms with Crippen LogP contribution in [-0.4, -0.2) is 36.1 Å². The number of benzene rings is 1. The van der Waals surface area contributed by atoms with Gasteiger partial charge < -0.3 is 14.2 Å². The summed E-state index contributed by atoms with van der Waals surface area (Å²) in [6.07, 6.45) is 4.97. The van der Waals surface area contributed by atoms with Crippen LogP contribution in [0, 0.1) is 0 Å². The van der Waals surface area contributed by atoms with Crippen molar-refractivity contribution in [1.29, 1.82) is 0 Å². The number of hydrogen-bond acceptors (Lipinski definition) is 2. The minimum atomic E-state index is -0.206. The van der Waals surface area contributed by atoms with Crippen molar-refractivity contribution >= 4 is 17.3 Å². The number of aromatic nitrogens is 1. The molecule has 0 saturated carbocycles. The van der Waals surface area contributed by atoms with Crippen LogP contribution in [0.4, 0.5) is 0 Å². The van der Waals surface area contributed by atoms with Gasteiger partial charge in [-0.05, 0) is 37.3 Å². The molecule has 4 nitrogen and oxygen atoms in total. The number of aryl methyl sites for hydroxylation is 1. The Bertz CT molecular complexity index is 672. The van der Waals surface area contributed by atoms with Gasteiger partial charge in [-0.15, -0.1) is 0 Å². The molecule has 4 heteroatoms. The lowest BCUT2D eigenvalue weighted by Crippen LogP contribution is -2.42. The fraction of sp³-hybridized carbons (Fsp3) is 0.500. The van der Waals surface area contributed by atoms with E-state index in [9.17, 15) is 4.79 Å². The topological polar surface area (TPSA) is 34.5 Å². The van der Waals surface area contributed by atoms with Gasteiger partial charge in [0.2, 0.25) is 6.41 Å². The van der Waals surface area contributed by atoms with Crippen LogP contribution in [-0.2, 0) is 28.1 Å². The minimum absolute atomic E-state index is 0.206. The first kappa shape index (κ1) is 13.8. The summed E-state index contributed by atoms with van der Waals surface area (Å²) in [5, 5.41) is 1.39. The van der Waals surface area contributed by atoms with Crippen LogP contribution in [0.15, 0.2) is 24.3 Å². The molecule has 116 valence electrons. The predicted octanol–water partition coefficient (Wildman–Crippen LogP) is 2.68. The highest BCUT2D eigenvalue weighted by atomic mass is 16.5. The number of fused-ring (bicyclic) bond motifs is 3. The van der Waals surface area contributed by atoms with E-state index in [1.165, 1.54) is 22.2 Å². The van der Waals surface area contributed by atoms with Gasteiger partial charge in [0.1, 0.15) is 5.60 Å². The van der Waals surface area contributed by atoms with Crippen LogP contribution < -0.4 is 0 Å². The lowest BCUT2D eigenvalue weighted by molar-refractivity contribution is -0.119. The van der Waals surface area contributed by atoms with Gasteiger partial charge in [-0.1, -0.05) is 18.2 Å². The zero-order chi connectivity index (χ0) is 15.2. The number of carbonyl (C=O) groups is 1. The summed E-state index contributed by atoms with van der Waals surface area (Å²) in [6, 6.07) is 8.71. The Morgan fingerprint density at radius 2 is 2.27 bits per heavy atom. The molecule has 0 radical (unpaired) electrons. The van der Waals surface area contributed by atoms with Gasteiger partial charge in [0.15, 0.2) is 0 Å². The van der Waals surface area contributed by atoms with Gasteiger partial charge in [0, 0.05) is 31.0 Å². The predicted molar refractivity (Wildman–Crippen MR) is 85.8 cm³/mol. The van der Waals surface area contributed by atoms with Crippen molar-refractivity contribution in [1.82, 2.24) is 9.47 Å². The first-order valence-electron chi connectivity index (χ1n) is 8.15. The molecule has 2 aliphatic heterocycles. The summed E-state index contributed by atoms with van der Waals surface area (Å²) in [5.41, 5.74) is 3.98. The van der Waals surface area contributed by atoms with Gasteiger partial charge in [0.05, 0.1) is 12.3 Å². The van der Waals surface area contributed by atoms with E-state index < -0.39 is 0 Å². The highest BCUT2D eigenvalue weighted by Gasteiger charge is 2.43. The van der Waals surface area contributed by atoms with E-state index in [1.54, 1.807) is 4.90 Å². The van der Waals surface area contributed by atoms with Gasteiger partial charge in [0.25, 0.3) is 0 Å². The van der Waals surface area contributed by atoms with Crippen LogP contribution in [0.25, 0.3) is 10.9 Å². The van der Waals surface area contributed by atoms with Gasteiger partial charge in [-0.3, -0.25) is 4.79 Å². The summed E-state index contributed by atoms with van der Waals surface area (Å²) < 4.78 is 8.80. The Morgan fingerprint density at radius 1 is 1.41 bits per heavy atom. The molecule has 0 bridgehead atoms. The summed E-state index contributed by atoms with van der Waals surface area (Å²) in [5.74, 6) is 0. The van der Waals surface area contributed by atoms with E-state index in [1.807, 2.05) is 7.05 Å². The number of carbonyl (C=O) groups excluding carboxylic acids is 1. The highest BCUT2D eigenvalue weighted by Crippen LogP contribution is 2.46. The second-order valence-electron chi connectivity index (χ2n) is 6.53. The molecule has 1 atom stereocenters. The normalized spacial score (nSPS) is 23.3. The molecule has 1 aromatic carbocycles. The quantitative estimate of drug-likeness (QED) is 0.813. The van der Waals surface area contributed by atoms with E-state index in [0.717, 1.165) is 51.8 Å². The van der Waals surface area contributed by atoms with Crippen LogP contribution in [0.1, 0.15) is 30.5 Å². The summed E-state index contributed by atoms with van der Waals surface area (Å²) in [7, 11) is 1.84. The number of amides is 1. The Labute approximate surface area is 130 Å². The van der Waals surface area contributed by atoms with Crippen molar-refractivity contribution in [2.45, 2.75) is 37.8 Å². The maximum absolute atomic E-state index is 10.9. The number of para-hydroxylation sites is 1. The maximum atomic E-state index is 10.9. The second-order valence-corrected chi connectivity index (χ2v) is 6.53. The van der Waals surface area contributed by atoms with Crippen molar-refractivity contribution in [3.63, 3.8) is 0 Å². The first-order valence-corrected chi connectivity index (χ1v) is 8.15. The standard InChI is InChI=1S/C18H22N2O2/c1-19(13-21)11-9-18-8-4-10-20-16-6-3-2-5-14(16)15(17(18)20)7-12-22-18/h2-3,5-6,13H,4,7-12H2,1H3. The van der Waals surface area contributed by atoms with E-state index in [2.05, 4.69) is 28.8 Å². The molecule has 2 aliphatic rings.